The molecule has 0 bridgehead atoms. The number of carbonyl (C=O) groups excluding carboxylic acids is 1. The zero-order valence-corrected chi connectivity index (χ0v) is 18.7. The molecule has 0 unspecified atom stereocenters. The highest BCUT2D eigenvalue weighted by molar-refractivity contribution is 6.83. The lowest BCUT2D eigenvalue weighted by molar-refractivity contribution is -0.00409. The number of hydrogen-bond donors (Lipinski definition) is 2. The number of nitrogens with zero attached hydrogens (tertiary/aromatic N) is 2. The van der Waals surface area contributed by atoms with Crippen LogP contribution in [0.2, 0.25) is 19.6 Å². The van der Waals surface area contributed by atoms with E-state index in [4.69, 9.17) is 9.47 Å². The molecule has 1 aliphatic carbocycles. The zero-order valence-electron chi connectivity index (χ0n) is 17.7. The van der Waals surface area contributed by atoms with Crippen LogP contribution >= 0.6 is 0 Å². The third kappa shape index (κ3) is 6.13. The van der Waals surface area contributed by atoms with Gasteiger partial charge < -0.3 is 19.8 Å². The number of amides is 1. The lowest BCUT2D eigenvalue weighted by Gasteiger charge is -2.29. The molecule has 7 nitrogen and oxygen atoms in total. The van der Waals surface area contributed by atoms with E-state index in [0.29, 0.717) is 35.8 Å². The zero-order chi connectivity index (χ0) is 20.9. The van der Waals surface area contributed by atoms with E-state index >= 15 is 0 Å². The molecule has 1 amide bonds. The second kappa shape index (κ2) is 9.52. The molecule has 2 aromatic heterocycles. The van der Waals surface area contributed by atoms with Crippen molar-refractivity contribution in [2.75, 3.05) is 20.3 Å². The minimum Gasteiger partial charge on any atom is -0.382 e. The van der Waals surface area contributed by atoms with E-state index in [9.17, 15) is 4.79 Å². The van der Waals surface area contributed by atoms with Gasteiger partial charge in [-0.3, -0.25) is 4.79 Å². The monoisotopic (exact) mass is 414 g/mol. The summed E-state index contributed by atoms with van der Waals surface area (Å²) in [6.45, 7) is 7.72. The summed E-state index contributed by atoms with van der Waals surface area (Å²) >= 11 is 0. The summed E-state index contributed by atoms with van der Waals surface area (Å²) < 4.78 is 10.8. The molecular formula is C21H30N4O3Si. The average molecular weight is 415 g/mol. The molecule has 1 fully saturated rings. The summed E-state index contributed by atoms with van der Waals surface area (Å²) in [7, 11) is 0.114. The molecule has 0 atom stereocenters. The molecular weight excluding hydrogens is 384 g/mol. The lowest BCUT2D eigenvalue weighted by atomic mass is 9.93. The Labute approximate surface area is 173 Å². The SMILES string of the molecule is COCCO[C@H]1CC[C@H](NC(=O)c2nc(C#C[Si](C)(C)C)nc3cc[nH]c23)CC1. The fraction of sp³-hybridized carbons (Fsp3) is 0.571. The van der Waals surface area contributed by atoms with Crippen molar-refractivity contribution in [1.82, 2.24) is 20.3 Å². The number of hydrogen-bond acceptors (Lipinski definition) is 5. The minimum absolute atomic E-state index is 0.126. The van der Waals surface area contributed by atoms with Crippen molar-refractivity contribution < 1.29 is 14.3 Å². The van der Waals surface area contributed by atoms with E-state index in [1.54, 1.807) is 13.3 Å². The van der Waals surface area contributed by atoms with Gasteiger partial charge >= 0.3 is 0 Å². The summed E-state index contributed by atoms with van der Waals surface area (Å²) in [5.41, 5.74) is 4.99. The van der Waals surface area contributed by atoms with Gasteiger partial charge in [0.2, 0.25) is 5.82 Å². The number of rotatable bonds is 6. The third-order valence-electron chi connectivity index (χ3n) is 4.82. The molecule has 0 aliphatic heterocycles. The maximum absolute atomic E-state index is 13.0. The van der Waals surface area contributed by atoms with E-state index in [1.807, 2.05) is 6.07 Å². The lowest BCUT2D eigenvalue weighted by Crippen LogP contribution is -2.39. The van der Waals surface area contributed by atoms with Gasteiger partial charge in [0.15, 0.2) is 5.69 Å². The van der Waals surface area contributed by atoms with Crippen LogP contribution < -0.4 is 5.32 Å². The van der Waals surface area contributed by atoms with E-state index < -0.39 is 8.07 Å². The number of nitrogens with one attached hydrogen (secondary N) is 2. The van der Waals surface area contributed by atoms with Crippen molar-refractivity contribution >= 4 is 25.0 Å². The Morgan fingerprint density at radius 3 is 2.69 bits per heavy atom. The predicted molar refractivity (Wildman–Crippen MR) is 115 cm³/mol. The van der Waals surface area contributed by atoms with E-state index in [2.05, 4.69) is 51.4 Å². The number of aromatic amines is 1. The van der Waals surface area contributed by atoms with Gasteiger partial charge in [-0.2, -0.15) is 0 Å². The molecule has 0 spiro atoms. The van der Waals surface area contributed by atoms with Crippen molar-refractivity contribution in [2.24, 2.45) is 0 Å². The number of methoxy groups -OCH3 is 1. The first-order valence-corrected chi connectivity index (χ1v) is 13.7. The average Bonchev–Trinajstić information content (AvgIpc) is 3.15. The predicted octanol–water partition coefficient (Wildman–Crippen LogP) is 2.89. The first-order chi connectivity index (χ1) is 13.9. The second-order valence-corrected chi connectivity index (χ2v) is 13.2. The van der Waals surface area contributed by atoms with Crippen molar-refractivity contribution in [3.63, 3.8) is 0 Å². The summed E-state index contributed by atoms with van der Waals surface area (Å²) in [5.74, 6) is 3.29. The second-order valence-electron chi connectivity index (χ2n) is 8.44. The van der Waals surface area contributed by atoms with Gasteiger partial charge in [-0.25, -0.2) is 9.97 Å². The van der Waals surface area contributed by atoms with Gasteiger partial charge in [0.1, 0.15) is 8.07 Å². The molecule has 3 rings (SSSR count). The molecule has 0 radical (unpaired) electrons. The molecule has 0 saturated heterocycles. The van der Waals surface area contributed by atoms with Gasteiger partial charge in [-0.15, -0.1) is 5.54 Å². The van der Waals surface area contributed by atoms with Crippen LogP contribution in [0.3, 0.4) is 0 Å². The van der Waals surface area contributed by atoms with Gasteiger partial charge in [0, 0.05) is 19.3 Å². The molecule has 0 aromatic carbocycles. The van der Waals surface area contributed by atoms with E-state index in [0.717, 1.165) is 25.7 Å². The topological polar surface area (TPSA) is 89.1 Å². The maximum Gasteiger partial charge on any atom is 0.272 e. The Hall–Kier alpha value is -2.21. The van der Waals surface area contributed by atoms with Crippen molar-refractivity contribution in [2.45, 2.75) is 57.5 Å². The largest absolute Gasteiger partial charge is 0.382 e. The van der Waals surface area contributed by atoms with Crippen molar-refractivity contribution in [3.8, 4) is 11.5 Å². The van der Waals surface area contributed by atoms with Crippen LogP contribution in [0.1, 0.15) is 42.0 Å². The fourth-order valence-electron chi connectivity index (χ4n) is 3.33. The molecule has 1 aliphatic rings. The number of aromatic nitrogens is 3. The number of carbonyl (C=O) groups is 1. The van der Waals surface area contributed by atoms with Crippen LogP contribution in [0.5, 0.6) is 0 Å². The number of H-pyrrole nitrogens is 1. The quantitative estimate of drug-likeness (QED) is 0.431. The fourth-order valence-corrected chi connectivity index (χ4v) is 3.82. The smallest absolute Gasteiger partial charge is 0.272 e. The molecule has 2 heterocycles. The van der Waals surface area contributed by atoms with Gasteiger partial charge in [-0.05, 0) is 37.7 Å². The number of ether oxygens (including phenoxy) is 2. The van der Waals surface area contributed by atoms with Crippen LogP contribution in [0, 0.1) is 11.5 Å². The highest BCUT2D eigenvalue weighted by Gasteiger charge is 2.25. The Balaban J connectivity index is 1.68. The first-order valence-electron chi connectivity index (χ1n) is 10.2. The Bertz CT molecular complexity index is 902. The van der Waals surface area contributed by atoms with Gasteiger partial charge in [0.25, 0.3) is 5.91 Å². The maximum atomic E-state index is 13.0. The van der Waals surface area contributed by atoms with Crippen LogP contribution in [-0.2, 0) is 9.47 Å². The molecule has 29 heavy (non-hydrogen) atoms. The number of fused-ring (bicyclic) bond motifs is 1. The van der Waals surface area contributed by atoms with Crippen LogP contribution in [0.4, 0.5) is 0 Å². The van der Waals surface area contributed by atoms with E-state index in [1.165, 1.54) is 0 Å². The normalized spacial score (nSPS) is 19.6. The minimum atomic E-state index is -1.56. The van der Waals surface area contributed by atoms with E-state index in [-0.39, 0.29) is 18.1 Å². The third-order valence-corrected chi connectivity index (χ3v) is 5.70. The van der Waals surface area contributed by atoms with Crippen LogP contribution in [0.25, 0.3) is 11.0 Å². The molecule has 8 heteroatoms. The molecule has 2 aromatic rings. The van der Waals surface area contributed by atoms with Gasteiger partial charge in [0.05, 0.1) is 30.4 Å². The summed E-state index contributed by atoms with van der Waals surface area (Å²) in [6, 6.07) is 1.97. The van der Waals surface area contributed by atoms with Crippen molar-refractivity contribution in [3.05, 3.63) is 23.8 Å². The molecule has 156 valence electrons. The molecule has 1 saturated carbocycles. The van der Waals surface area contributed by atoms with Crippen LogP contribution in [0.15, 0.2) is 12.3 Å². The highest BCUT2D eigenvalue weighted by atomic mass is 28.3. The summed E-state index contributed by atoms with van der Waals surface area (Å²) in [6.07, 6.45) is 5.67. The Morgan fingerprint density at radius 2 is 2.00 bits per heavy atom. The van der Waals surface area contributed by atoms with Crippen molar-refractivity contribution in [1.29, 1.82) is 0 Å². The molecule has 2 N–H and O–H groups in total. The standard InChI is InChI=1S/C21H30N4O3Si/c1-27-12-13-28-16-7-5-15(6-8-16)23-21(26)20-19-17(9-11-22-19)24-18(25-20)10-14-29(2,3)4/h9,11,15-16,22H,5-8,12-13H2,1-4H3,(H,23,26)/t15-,16-. The van der Waals surface area contributed by atoms with Crippen LogP contribution in [-0.4, -0.2) is 61.4 Å². The highest BCUT2D eigenvalue weighted by Crippen LogP contribution is 2.22. The van der Waals surface area contributed by atoms with Gasteiger partial charge in [-0.1, -0.05) is 19.6 Å². The Kier molecular flexibility index (Phi) is 7.06. The summed E-state index contributed by atoms with van der Waals surface area (Å²) in [5, 5.41) is 3.14. The Morgan fingerprint density at radius 1 is 1.24 bits per heavy atom. The first kappa shape index (κ1) is 21.5. The summed E-state index contributed by atoms with van der Waals surface area (Å²) in [4.78, 5) is 25.0.